The number of carbonyl (C=O) groups is 3. The monoisotopic (exact) mass is 1100 g/mol. The van der Waals surface area contributed by atoms with Gasteiger partial charge in [-0.05, 0) is 113 Å². The number of hydrogen-bond acceptors (Lipinski definition) is 13. The highest BCUT2D eigenvalue weighted by Crippen LogP contribution is 2.41. The van der Waals surface area contributed by atoms with Gasteiger partial charge in [0, 0.05) is 24.5 Å². The van der Waals surface area contributed by atoms with Crippen LogP contribution in [0.25, 0.3) is 22.3 Å². The summed E-state index contributed by atoms with van der Waals surface area (Å²) < 4.78 is 29.4. The van der Waals surface area contributed by atoms with Gasteiger partial charge >= 0.3 is 18.2 Å². The van der Waals surface area contributed by atoms with E-state index in [1.165, 1.54) is 4.90 Å². The van der Waals surface area contributed by atoms with Crippen molar-refractivity contribution in [3.8, 4) is 16.9 Å². The lowest BCUT2D eigenvalue weighted by molar-refractivity contribution is -0.136. The van der Waals surface area contributed by atoms with Crippen LogP contribution in [0.4, 0.5) is 32.6 Å². The number of aromatic nitrogens is 3. The third kappa shape index (κ3) is 14.2. The minimum atomic E-state index is -1.03. The van der Waals surface area contributed by atoms with Gasteiger partial charge in [0.05, 0.1) is 69.5 Å². The minimum Gasteiger partial charge on any atom is -0.497 e. The fourth-order valence-corrected chi connectivity index (χ4v) is 9.87. The molecule has 420 valence electrons. The van der Waals surface area contributed by atoms with Crippen LogP contribution in [0.1, 0.15) is 66.4 Å². The fraction of sp³-hybridized carbons (Fsp3) is 0.231. The Hall–Kier alpha value is -9.58. The molecule has 4 atom stereocenters. The van der Waals surface area contributed by atoms with Crippen molar-refractivity contribution in [1.29, 1.82) is 0 Å². The van der Waals surface area contributed by atoms with Crippen molar-refractivity contribution in [2.24, 2.45) is 0 Å². The molecule has 2 amide bonds. The summed E-state index contributed by atoms with van der Waals surface area (Å²) in [4.78, 5) is 51.3. The van der Waals surface area contributed by atoms with Gasteiger partial charge in [0.15, 0.2) is 11.6 Å². The third-order valence-corrected chi connectivity index (χ3v) is 13.8. The Morgan fingerprint density at radius 2 is 1.33 bits per heavy atom. The first-order chi connectivity index (χ1) is 39.6. The number of nitrogens with one attached hydrogen (secondary N) is 1. The molecule has 0 bridgehead atoms. The van der Waals surface area contributed by atoms with Crippen LogP contribution in [0.3, 0.4) is 0 Å². The van der Waals surface area contributed by atoms with E-state index in [2.05, 4.69) is 33.5 Å². The maximum atomic E-state index is 13.7. The molecule has 5 aromatic carbocycles. The Labute approximate surface area is 476 Å². The van der Waals surface area contributed by atoms with Gasteiger partial charge in [-0.15, -0.1) is 0 Å². The fourth-order valence-electron chi connectivity index (χ4n) is 9.87. The maximum Gasteiger partial charge on any atom is 0.415 e. The Morgan fingerprint density at radius 1 is 0.695 bits per heavy atom. The summed E-state index contributed by atoms with van der Waals surface area (Å²) in [5.74, 6) is 1.01. The Balaban J connectivity index is 0.000000206. The van der Waals surface area contributed by atoms with Crippen molar-refractivity contribution in [3.05, 3.63) is 229 Å². The van der Waals surface area contributed by atoms with Crippen LogP contribution in [0.15, 0.2) is 200 Å². The zero-order chi connectivity index (χ0) is 57.8. The molecule has 3 aromatic heterocycles. The predicted octanol–water partition coefficient (Wildman–Crippen LogP) is 12.8. The highest BCUT2D eigenvalue weighted by Gasteiger charge is 2.42. The number of carboxylic acid groups (broad SMARTS) is 2. The molecule has 0 fully saturated rings. The van der Waals surface area contributed by atoms with Crippen LogP contribution in [0.2, 0.25) is 0 Å². The standard InChI is InChI=1S/C38H41N3O6.C27H24N4O4/c1-26(30-14-9-11-28(21-30)22-34(42)43)25-46-35(29-12-7-6-8-13-29)33-24-41(37(44)47-38(2,3)4)32-15-10-20-39-36(32)40(33)23-27-16-18-31(45-5)19-17-27;1-18(20-9-5-10-21(13-20)22-14-29-35-17-22)16-34-25(19-7-3-2-4-8-19)23-15-31(27(32)33)24-11-6-12-28-26(24)30-23/h6-21,33,35H,1,22-25H2,2-5H3,(H,42,43);2-14,17,23,25H,1,15-16H2,(H,28,30)(H,32,33)/t33-,35-;23?,25-/m11/s1. The summed E-state index contributed by atoms with van der Waals surface area (Å²) in [5, 5.41) is 26.3. The number of fused-ring (bicyclic) bond motifs is 2. The summed E-state index contributed by atoms with van der Waals surface area (Å²) in [7, 11) is 1.64. The molecule has 2 aliphatic heterocycles. The largest absolute Gasteiger partial charge is 0.497 e. The summed E-state index contributed by atoms with van der Waals surface area (Å²) in [6.07, 6.45) is 4.08. The van der Waals surface area contributed by atoms with E-state index >= 15 is 0 Å². The molecule has 2 aliphatic rings. The summed E-state index contributed by atoms with van der Waals surface area (Å²) in [5.41, 5.74) is 9.15. The highest BCUT2D eigenvalue weighted by molar-refractivity contribution is 5.93. The maximum absolute atomic E-state index is 13.7. The van der Waals surface area contributed by atoms with Crippen molar-refractivity contribution < 1.29 is 48.1 Å². The van der Waals surface area contributed by atoms with E-state index < -0.39 is 36.0 Å². The molecule has 0 saturated carbocycles. The first-order valence-corrected chi connectivity index (χ1v) is 26.7. The molecule has 8 aromatic rings. The number of aliphatic carboxylic acids is 1. The van der Waals surface area contributed by atoms with Crippen LogP contribution in [-0.4, -0.2) is 94.6 Å². The quantitative estimate of drug-likeness (QED) is 0.0732. The van der Waals surface area contributed by atoms with E-state index in [9.17, 15) is 24.6 Å². The number of nitrogens with zero attached hydrogens (tertiary/aromatic N) is 6. The van der Waals surface area contributed by atoms with Gasteiger partial charge in [-0.3, -0.25) is 14.6 Å². The van der Waals surface area contributed by atoms with Crippen molar-refractivity contribution in [2.75, 3.05) is 53.4 Å². The van der Waals surface area contributed by atoms with Crippen LogP contribution in [0, 0.1) is 0 Å². The summed E-state index contributed by atoms with van der Waals surface area (Å²) in [6.45, 7) is 15.5. The van der Waals surface area contributed by atoms with Crippen LogP contribution in [0.5, 0.6) is 5.75 Å². The van der Waals surface area contributed by atoms with E-state index in [-0.39, 0.29) is 44.8 Å². The highest BCUT2D eigenvalue weighted by atomic mass is 16.6. The Kier molecular flexibility index (Phi) is 18.2. The lowest BCUT2D eigenvalue weighted by atomic mass is 9.96. The lowest BCUT2D eigenvalue weighted by Gasteiger charge is -2.45. The molecule has 0 saturated heterocycles. The van der Waals surface area contributed by atoms with Gasteiger partial charge in [0.1, 0.15) is 29.8 Å². The number of ether oxygens (including phenoxy) is 4. The number of carboxylic acids is 1. The molecule has 0 radical (unpaired) electrons. The predicted molar refractivity (Wildman–Crippen MR) is 316 cm³/mol. The van der Waals surface area contributed by atoms with Crippen molar-refractivity contribution >= 4 is 52.3 Å². The number of hydrogen-bond donors (Lipinski definition) is 3. The summed E-state index contributed by atoms with van der Waals surface area (Å²) >= 11 is 0. The van der Waals surface area contributed by atoms with Crippen molar-refractivity contribution in [2.45, 2.75) is 63.6 Å². The number of carbonyl (C=O) groups excluding carboxylic acids is 1. The zero-order valence-electron chi connectivity index (χ0n) is 46.1. The SMILES string of the molecule is C=C(CO[C@H](c1ccccc1)C1CN(C(=O)O)c2cccnc2N1)c1cccc(-c2cnoc2)c1.C=C(CO[C@H](c1ccccc1)[C@H]1CN(C(=O)OC(C)(C)C)c2cccnc2N1Cc1ccc(OC)cc1)c1cccc(CC(=O)O)c1. The molecule has 5 heterocycles. The van der Waals surface area contributed by atoms with Gasteiger partial charge in [-0.1, -0.05) is 134 Å². The van der Waals surface area contributed by atoms with E-state index in [0.717, 1.165) is 50.3 Å². The first kappa shape index (κ1) is 57.1. The van der Waals surface area contributed by atoms with Gasteiger partial charge in [-0.25, -0.2) is 19.6 Å². The van der Waals surface area contributed by atoms with Gasteiger partial charge in [0.25, 0.3) is 0 Å². The van der Waals surface area contributed by atoms with Crippen LogP contribution in [-0.2, 0) is 32.0 Å². The second-order valence-electron chi connectivity index (χ2n) is 20.8. The number of rotatable bonds is 18. The van der Waals surface area contributed by atoms with E-state index in [1.807, 2.05) is 160 Å². The Bertz CT molecular complexity index is 3480. The van der Waals surface area contributed by atoms with E-state index in [0.29, 0.717) is 40.7 Å². The topological polar surface area (TPSA) is 202 Å². The van der Waals surface area contributed by atoms with Gasteiger partial charge in [0.2, 0.25) is 0 Å². The second kappa shape index (κ2) is 26.1. The van der Waals surface area contributed by atoms with E-state index in [4.69, 9.17) is 28.5 Å². The number of amides is 2. The van der Waals surface area contributed by atoms with Crippen molar-refractivity contribution in [3.63, 3.8) is 0 Å². The van der Waals surface area contributed by atoms with E-state index in [1.54, 1.807) is 55.1 Å². The molecule has 0 aliphatic carbocycles. The lowest BCUT2D eigenvalue weighted by Crippen LogP contribution is -2.54. The van der Waals surface area contributed by atoms with Gasteiger partial charge in [-0.2, -0.15) is 0 Å². The smallest absolute Gasteiger partial charge is 0.415 e. The Morgan fingerprint density at radius 3 is 1.96 bits per heavy atom. The molecule has 10 rings (SSSR count). The third-order valence-electron chi connectivity index (χ3n) is 13.8. The minimum absolute atomic E-state index is 0.0794. The molecular weight excluding hydrogens is 1040 g/mol. The van der Waals surface area contributed by atoms with Crippen LogP contribution >= 0.6 is 0 Å². The molecule has 82 heavy (non-hydrogen) atoms. The molecular formula is C65H65N7O10. The molecule has 3 N–H and O–H groups in total. The molecule has 17 heteroatoms. The zero-order valence-corrected chi connectivity index (χ0v) is 46.1. The second-order valence-corrected chi connectivity index (χ2v) is 20.8. The average Bonchev–Trinajstić information content (AvgIpc) is 4.08. The number of benzene rings is 5. The number of anilines is 4. The normalized spacial score (nSPS) is 15.3. The number of methoxy groups -OCH3 is 1. The molecule has 0 spiro atoms. The average molecular weight is 1100 g/mol. The number of pyridine rings is 2. The first-order valence-electron chi connectivity index (χ1n) is 26.7. The van der Waals surface area contributed by atoms with Crippen LogP contribution < -0.4 is 24.8 Å². The van der Waals surface area contributed by atoms with Gasteiger partial charge < -0.3 is 43.9 Å². The van der Waals surface area contributed by atoms with Crippen molar-refractivity contribution in [1.82, 2.24) is 15.1 Å². The summed E-state index contributed by atoms with van der Waals surface area (Å²) in [6, 6.07) is 49.2. The molecule has 1 unspecified atom stereocenters. The molecule has 17 nitrogen and oxygen atoms in total.